The number of thiazole rings is 1. The fourth-order valence-electron chi connectivity index (χ4n) is 3.67. The third kappa shape index (κ3) is 5.06. The molecular formula is C23H21ClN2O4S. The third-order valence-corrected chi connectivity index (χ3v) is 6.46. The summed E-state index contributed by atoms with van der Waals surface area (Å²) in [5, 5.41) is 10.3. The first-order valence-corrected chi connectivity index (χ1v) is 11.3. The van der Waals surface area contributed by atoms with Gasteiger partial charge in [-0.3, -0.25) is 9.69 Å². The summed E-state index contributed by atoms with van der Waals surface area (Å²) in [6, 6.07) is 14.0. The Balaban J connectivity index is 1.56. The van der Waals surface area contributed by atoms with Crippen molar-refractivity contribution in [3.63, 3.8) is 0 Å². The molecule has 0 atom stereocenters. The van der Waals surface area contributed by atoms with E-state index in [-0.39, 0.29) is 16.8 Å². The minimum atomic E-state index is -1.04. The van der Waals surface area contributed by atoms with Crippen LogP contribution in [0.15, 0.2) is 54.7 Å². The number of carbonyl (C=O) groups excluding carboxylic acids is 1. The normalized spacial score (nSPS) is 14.2. The minimum absolute atomic E-state index is 0.0130. The maximum Gasteiger partial charge on any atom is 0.347 e. The third-order valence-electron chi connectivity index (χ3n) is 5.22. The van der Waals surface area contributed by atoms with Gasteiger partial charge in [-0.15, -0.1) is 0 Å². The van der Waals surface area contributed by atoms with Crippen molar-refractivity contribution < 1.29 is 19.4 Å². The van der Waals surface area contributed by atoms with Crippen LogP contribution in [0, 0.1) is 0 Å². The Morgan fingerprint density at radius 3 is 2.19 bits per heavy atom. The molecule has 0 radical (unpaired) electrons. The number of aromatic carboxylic acids is 1. The van der Waals surface area contributed by atoms with Crippen LogP contribution in [0.25, 0.3) is 0 Å². The first-order valence-electron chi connectivity index (χ1n) is 10.1. The fourth-order valence-corrected chi connectivity index (χ4v) is 4.62. The van der Waals surface area contributed by atoms with E-state index in [0.29, 0.717) is 27.2 Å². The standard InChI is InChI=1S/C23H21ClN2O4S/c24-16-8-12-19(13-9-16)30-18-10-6-15(7-11-18)21(27)26(17-4-2-1-3-5-17)23-25-14-20(31-23)22(28)29/h6-14,17H,1-5H2,(H,28,29). The smallest absolute Gasteiger partial charge is 0.347 e. The lowest BCUT2D eigenvalue weighted by atomic mass is 9.94. The SMILES string of the molecule is O=C(O)c1cnc(N(C(=O)c2ccc(Oc3ccc(Cl)cc3)cc2)C2CCCCC2)s1. The average Bonchev–Trinajstić information content (AvgIpc) is 3.27. The molecule has 0 saturated heterocycles. The maximum absolute atomic E-state index is 13.4. The van der Waals surface area contributed by atoms with E-state index in [1.807, 2.05) is 0 Å². The van der Waals surface area contributed by atoms with Crippen molar-refractivity contribution >= 4 is 39.9 Å². The maximum atomic E-state index is 13.4. The predicted octanol–water partition coefficient (Wildman–Crippen LogP) is 6.27. The molecule has 1 aliphatic carbocycles. The molecule has 1 amide bonds. The highest BCUT2D eigenvalue weighted by molar-refractivity contribution is 7.17. The highest BCUT2D eigenvalue weighted by Gasteiger charge is 2.30. The molecule has 1 aliphatic rings. The van der Waals surface area contributed by atoms with E-state index in [4.69, 9.17) is 16.3 Å². The van der Waals surface area contributed by atoms with Crippen LogP contribution in [0.3, 0.4) is 0 Å². The molecule has 1 N–H and O–H groups in total. The second-order valence-electron chi connectivity index (χ2n) is 7.36. The number of anilines is 1. The summed E-state index contributed by atoms with van der Waals surface area (Å²) in [6.07, 6.45) is 6.30. The van der Waals surface area contributed by atoms with Crippen LogP contribution < -0.4 is 9.64 Å². The molecule has 1 aromatic heterocycles. The van der Waals surface area contributed by atoms with E-state index in [1.165, 1.54) is 6.20 Å². The lowest BCUT2D eigenvalue weighted by Crippen LogP contribution is -2.41. The van der Waals surface area contributed by atoms with Gasteiger partial charge in [0.1, 0.15) is 16.4 Å². The van der Waals surface area contributed by atoms with Crippen LogP contribution in [0.5, 0.6) is 11.5 Å². The van der Waals surface area contributed by atoms with Gasteiger partial charge >= 0.3 is 5.97 Å². The van der Waals surface area contributed by atoms with Gasteiger partial charge < -0.3 is 9.84 Å². The number of hydrogen-bond donors (Lipinski definition) is 1. The van der Waals surface area contributed by atoms with Crippen LogP contribution in [-0.4, -0.2) is 28.0 Å². The van der Waals surface area contributed by atoms with E-state index < -0.39 is 5.97 Å². The van der Waals surface area contributed by atoms with Crippen LogP contribution in [0.2, 0.25) is 5.02 Å². The van der Waals surface area contributed by atoms with Crippen molar-refractivity contribution in [2.24, 2.45) is 0 Å². The molecular weight excluding hydrogens is 436 g/mol. The summed E-state index contributed by atoms with van der Waals surface area (Å²) in [5.74, 6) is 0.0292. The fraction of sp³-hybridized carbons (Fsp3) is 0.261. The number of amides is 1. The topological polar surface area (TPSA) is 79.7 Å². The number of aromatic nitrogens is 1. The molecule has 3 aromatic rings. The molecule has 0 unspecified atom stereocenters. The lowest BCUT2D eigenvalue weighted by Gasteiger charge is -2.32. The van der Waals surface area contributed by atoms with Crippen molar-refractivity contribution in [1.29, 1.82) is 0 Å². The van der Waals surface area contributed by atoms with Gasteiger partial charge in [0.25, 0.3) is 5.91 Å². The number of carbonyl (C=O) groups is 2. The lowest BCUT2D eigenvalue weighted by molar-refractivity contribution is 0.0701. The number of carboxylic acid groups (broad SMARTS) is 1. The van der Waals surface area contributed by atoms with Gasteiger partial charge in [0.2, 0.25) is 0 Å². The Hall–Kier alpha value is -2.90. The Morgan fingerprint density at radius 2 is 1.61 bits per heavy atom. The Labute approximate surface area is 189 Å². The Morgan fingerprint density at radius 1 is 1.00 bits per heavy atom. The second kappa shape index (κ2) is 9.49. The second-order valence-corrected chi connectivity index (χ2v) is 8.81. The molecule has 8 heteroatoms. The molecule has 31 heavy (non-hydrogen) atoms. The van der Waals surface area contributed by atoms with Crippen LogP contribution in [-0.2, 0) is 0 Å². The number of ether oxygens (including phenoxy) is 1. The van der Waals surface area contributed by atoms with Gasteiger partial charge in [0, 0.05) is 16.6 Å². The summed E-state index contributed by atoms with van der Waals surface area (Å²) in [5.41, 5.74) is 0.501. The van der Waals surface area contributed by atoms with Crippen molar-refractivity contribution in [2.45, 2.75) is 38.1 Å². The van der Waals surface area contributed by atoms with E-state index in [2.05, 4.69) is 4.98 Å². The quantitative estimate of drug-likeness (QED) is 0.473. The molecule has 1 fully saturated rings. The molecule has 0 spiro atoms. The van der Waals surface area contributed by atoms with Crippen molar-refractivity contribution in [3.05, 3.63) is 70.2 Å². The van der Waals surface area contributed by atoms with Crippen LogP contribution in [0.4, 0.5) is 5.13 Å². The highest BCUT2D eigenvalue weighted by Crippen LogP contribution is 2.32. The van der Waals surface area contributed by atoms with E-state index >= 15 is 0 Å². The van der Waals surface area contributed by atoms with Gasteiger partial charge in [-0.05, 0) is 61.4 Å². The monoisotopic (exact) mass is 456 g/mol. The largest absolute Gasteiger partial charge is 0.477 e. The van der Waals surface area contributed by atoms with Gasteiger partial charge in [-0.25, -0.2) is 9.78 Å². The number of halogens is 1. The van der Waals surface area contributed by atoms with Gasteiger partial charge in [0.05, 0.1) is 6.20 Å². The minimum Gasteiger partial charge on any atom is -0.477 e. The number of rotatable bonds is 6. The summed E-state index contributed by atoms with van der Waals surface area (Å²) >= 11 is 6.93. The van der Waals surface area contributed by atoms with Crippen molar-refractivity contribution in [3.8, 4) is 11.5 Å². The Bertz CT molecular complexity index is 1060. The van der Waals surface area contributed by atoms with Gasteiger partial charge in [0.15, 0.2) is 5.13 Å². The van der Waals surface area contributed by atoms with Gasteiger partial charge in [-0.2, -0.15) is 0 Å². The van der Waals surface area contributed by atoms with E-state index in [9.17, 15) is 14.7 Å². The molecule has 160 valence electrons. The van der Waals surface area contributed by atoms with Crippen molar-refractivity contribution in [1.82, 2.24) is 4.98 Å². The molecule has 6 nitrogen and oxygen atoms in total. The molecule has 4 rings (SSSR count). The summed E-state index contributed by atoms with van der Waals surface area (Å²) < 4.78 is 5.80. The molecule has 0 aliphatic heterocycles. The van der Waals surface area contributed by atoms with E-state index in [0.717, 1.165) is 43.4 Å². The zero-order valence-corrected chi connectivity index (χ0v) is 18.2. The van der Waals surface area contributed by atoms with Crippen LogP contribution >= 0.6 is 22.9 Å². The molecule has 0 bridgehead atoms. The van der Waals surface area contributed by atoms with Crippen LogP contribution in [0.1, 0.15) is 52.1 Å². The summed E-state index contributed by atoms with van der Waals surface area (Å²) in [6.45, 7) is 0. The summed E-state index contributed by atoms with van der Waals surface area (Å²) in [4.78, 5) is 30.8. The first-order chi connectivity index (χ1) is 15.0. The van der Waals surface area contributed by atoms with Gasteiger partial charge in [-0.1, -0.05) is 42.2 Å². The Kier molecular flexibility index (Phi) is 6.53. The number of carboxylic acids is 1. The zero-order valence-electron chi connectivity index (χ0n) is 16.7. The van der Waals surface area contributed by atoms with Crippen molar-refractivity contribution in [2.75, 3.05) is 4.90 Å². The molecule has 1 heterocycles. The molecule has 2 aromatic carbocycles. The number of benzene rings is 2. The number of hydrogen-bond acceptors (Lipinski definition) is 5. The van der Waals surface area contributed by atoms with E-state index in [1.54, 1.807) is 53.4 Å². The molecule has 1 saturated carbocycles. The average molecular weight is 457 g/mol. The summed E-state index contributed by atoms with van der Waals surface area (Å²) in [7, 11) is 0. The zero-order chi connectivity index (χ0) is 21.8. The highest BCUT2D eigenvalue weighted by atomic mass is 35.5. The number of nitrogens with zero attached hydrogens (tertiary/aromatic N) is 2. The first kappa shape index (κ1) is 21.3. The predicted molar refractivity (Wildman–Crippen MR) is 121 cm³/mol.